The summed E-state index contributed by atoms with van der Waals surface area (Å²) >= 11 is 0. The lowest BCUT2D eigenvalue weighted by Gasteiger charge is -2.38. The summed E-state index contributed by atoms with van der Waals surface area (Å²) in [5.41, 5.74) is 22.2. The van der Waals surface area contributed by atoms with E-state index in [9.17, 15) is 4.79 Å². The van der Waals surface area contributed by atoms with Crippen molar-refractivity contribution >= 4 is 28.9 Å². The highest BCUT2D eigenvalue weighted by Gasteiger charge is 2.42. The molecule has 7 heteroatoms. The van der Waals surface area contributed by atoms with Crippen molar-refractivity contribution in [3.05, 3.63) is 59.7 Å². The highest BCUT2D eigenvalue weighted by atomic mass is 16.6. The van der Waals surface area contributed by atoms with Gasteiger partial charge in [-0.05, 0) is 54.7 Å². The Morgan fingerprint density at radius 2 is 1.33 bits per heavy atom. The Labute approximate surface area is 176 Å². The molecule has 1 fully saturated rings. The van der Waals surface area contributed by atoms with Crippen LogP contribution >= 0.6 is 0 Å². The van der Waals surface area contributed by atoms with Gasteiger partial charge >= 0.3 is 6.09 Å². The zero-order chi connectivity index (χ0) is 21.1. The van der Waals surface area contributed by atoms with Gasteiger partial charge in [0.25, 0.3) is 0 Å². The molecule has 30 heavy (non-hydrogen) atoms. The zero-order valence-corrected chi connectivity index (χ0v) is 16.8. The molecule has 4 rings (SSSR count). The van der Waals surface area contributed by atoms with Gasteiger partial charge in [-0.1, -0.05) is 37.1 Å². The van der Waals surface area contributed by atoms with Gasteiger partial charge < -0.3 is 21.9 Å². The standard InChI is InChI=1S/C23H27N5O2/c24-16-10-6-14(7-11-16)21-18-4-2-1-3-5-19(30-23(26)29)20(18)22(28-27-21)15-8-12-17(25)13-9-15/h6-13,18-20H,1-5,24-25H2,(H2,26,29). The van der Waals surface area contributed by atoms with Crippen molar-refractivity contribution in [3.63, 3.8) is 0 Å². The summed E-state index contributed by atoms with van der Waals surface area (Å²) < 4.78 is 5.63. The molecule has 3 unspecified atom stereocenters. The lowest BCUT2D eigenvalue weighted by Crippen LogP contribution is -2.44. The number of benzene rings is 2. The molecule has 1 heterocycles. The first-order valence-corrected chi connectivity index (χ1v) is 10.4. The molecule has 156 valence electrons. The predicted octanol–water partition coefficient (Wildman–Crippen LogP) is 3.72. The van der Waals surface area contributed by atoms with E-state index >= 15 is 0 Å². The number of carbonyl (C=O) groups is 1. The fourth-order valence-electron chi connectivity index (χ4n) is 4.54. The summed E-state index contributed by atoms with van der Waals surface area (Å²) in [6, 6.07) is 15.2. The fraction of sp³-hybridized carbons (Fsp3) is 0.348. The summed E-state index contributed by atoms with van der Waals surface area (Å²) in [5.74, 6) is -0.0743. The van der Waals surface area contributed by atoms with Crippen LogP contribution in [0.25, 0.3) is 0 Å². The Morgan fingerprint density at radius 3 is 1.93 bits per heavy atom. The van der Waals surface area contributed by atoms with Crippen LogP contribution in [0.5, 0.6) is 0 Å². The van der Waals surface area contributed by atoms with Crippen LogP contribution in [0.2, 0.25) is 0 Å². The molecule has 1 saturated carbocycles. The summed E-state index contributed by atoms with van der Waals surface area (Å²) in [7, 11) is 0. The number of hydrogen-bond donors (Lipinski definition) is 3. The Hall–Kier alpha value is -3.35. The number of nitrogen functional groups attached to an aromatic ring is 2. The van der Waals surface area contributed by atoms with Gasteiger partial charge in [0.2, 0.25) is 0 Å². The van der Waals surface area contributed by atoms with Gasteiger partial charge in [-0.2, -0.15) is 10.2 Å². The summed E-state index contributed by atoms with van der Waals surface area (Å²) in [6.07, 6.45) is 3.69. The van der Waals surface area contributed by atoms with Gasteiger partial charge in [0.15, 0.2) is 0 Å². The van der Waals surface area contributed by atoms with Crippen molar-refractivity contribution < 1.29 is 9.53 Å². The average molecular weight is 406 g/mol. The molecule has 3 atom stereocenters. The maximum Gasteiger partial charge on any atom is 0.404 e. The van der Waals surface area contributed by atoms with Gasteiger partial charge in [-0.25, -0.2) is 4.79 Å². The second kappa shape index (κ2) is 8.57. The van der Waals surface area contributed by atoms with Gasteiger partial charge in [0, 0.05) is 23.2 Å². The van der Waals surface area contributed by atoms with Crippen molar-refractivity contribution in [3.8, 4) is 0 Å². The van der Waals surface area contributed by atoms with Crippen LogP contribution in [0.1, 0.15) is 43.2 Å². The molecule has 1 aliphatic heterocycles. The van der Waals surface area contributed by atoms with Gasteiger partial charge in [0.1, 0.15) is 6.10 Å². The predicted molar refractivity (Wildman–Crippen MR) is 119 cm³/mol. The van der Waals surface area contributed by atoms with E-state index in [4.69, 9.17) is 21.9 Å². The van der Waals surface area contributed by atoms with E-state index < -0.39 is 6.09 Å². The Balaban J connectivity index is 1.82. The molecular formula is C23H27N5O2. The molecule has 0 bridgehead atoms. The molecule has 2 aromatic rings. The van der Waals surface area contributed by atoms with E-state index in [0.717, 1.165) is 54.7 Å². The number of hydrogen-bond acceptors (Lipinski definition) is 6. The number of fused-ring (bicyclic) bond motifs is 1. The van der Waals surface area contributed by atoms with Crippen molar-refractivity contribution in [1.29, 1.82) is 0 Å². The summed E-state index contributed by atoms with van der Waals surface area (Å²) in [4.78, 5) is 11.7. The smallest absolute Gasteiger partial charge is 0.404 e. The number of carbonyl (C=O) groups excluding carboxylic acids is 1. The summed E-state index contributed by atoms with van der Waals surface area (Å²) in [6.45, 7) is 0. The third-order valence-corrected chi connectivity index (χ3v) is 5.95. The molecule has 0 spiro atoms. The number of rotatable bonds is 3. The van der Waals surface area contributed by atoms with Gasteiger partial charge in [-0.15, -0.1) is 0 Å². The quantitative estimate of drug-likeness (QED) is 0.672. The minimum absolute atomic E-state index is 0.0586. The van der Waals surface area contributed by atoms with Crippen LogP contribution in [0.4, 0.5) is 16.2 Å². The number of anilines is 2. The first-order valence-electron chi connectivity index (χ1n) is 10.4. The highest BCUT2D eigenvalue weighted by Crippen LogP contribution is 2.38. The van der Waals surface area contributed by atoms with Gasteiger partial charge in [0.05, 0.1) is 11.4 Å². The third-order valence-electron chi connectivity index (χ3n) is 5.95. The molecule has 0 radical (unpaired) electrons. The molecule has 0 saturated heterocycles. The maximum absolute atomic E-state index is 11.7. The van der Waals surface area contributed by atoms with Crippen LogP contribution < -0.4 is 17.2 Å². The van der Waals surface area contributed by atoms with Crippen LogP contribution in [0.15, 0.2) is 58.7 Å². The van der Waals surface area contributed by atoms with Gasteiger partial charge in [-0.3, -0.25) is 0 Å². The van der Waals surface area contributed by atoms with Crippen molar-refractivity contribution in [2.75, 3.05) is 11.5 Å². The average Bonchev–Trinajstić information content (AvgIpc) is 2.71. The molecule has 6 N–H and O–H groups in total. The number of amides is 1. The van der Waals surface area contributed by atoms with Crippen molar-refractivity contribution in [1.82, 2.24) is 0 Å². The first kappa shape index (κ1) is 19.9. The van der Waals surface area contributed by atoms with E-state index in [2.05, 4.69) is 10.2 Å². The van der Waals surface area contributed by atoms with E-state index in [1.54, 1.807) is 0 Å². The molecular weight excluding hydrogens is 378 g/mol. The topological polar surface area (TPSA) is 129 Å². The molecule has 1 aliphatic carbocycles. The minimum Gasteiger partial charge on any atom is -0.446 e. The van der Waals surface area contributed by atoms with E-state index in [-0.39, 0.29) is 17.9 Å². The van der Waals surface area contributed by atoms with Crippen LogP contribution in [-0.2, 0) is 4.74 Å². The van der Waals surface area contributed by atoms with E-state index in [1.807, 2.05) is 48.5 Å². The lowest BCUT2D eigenvalue weighted by molar-refractivity contribution is 0.0646. The highest BCUT2D eigenvalue weighted by molar-refractivity contribution is 6.12. The lowest BCUT2D eigenvalue weighted by atomic mass is 9.71. The Bertz CT molecular complexity index is 966. The number of ether oxygens (including phenoxy) is 1. The Morgan fingerprint density at radius 1 is 0.800 bits per heavy atom. The molecule has 2 aliphatic rings. The zero-order valence-electron chi connectivity index (χ0n) is 16.8. The Kier molecular flexibility index (Phi) is 5.70. The summed E-state index contributed by atoms with van der Waals surface area (Å²) in [5, 5.41) is 9.26. The van der Waals surface area contributed by atoms with Crippen molar-refractivity contribution in [2.24, 2.45) is 27.8 Å². The van der Waals surface area contributed by atoms with Crippen LogP contribution in [-0.4, -0.2) is 23.6 Å². The maximum atomic E-state index is 11.7. The molecule has 1 amide bonds. The molecule has 2 aromatic carbocycles. The molecule has 0 aromatic heterocycles. The van der Waals surface area contributed by atoms with E-state index in [1.165, 1.54) is 0 Å². The third kappa shape index (κ3) is 4.15. The second-order valence-electron chi connectivity index (χ2n) is 7.96. The normalized spacial score (nSPS) is 23.9. The minimum atomic E-state index is -0.757. The number of nitrogens with zero attached hydrogens (tertiary/aromatic N) is 2. The second-order valence-corrected chi connectivity index (χ2v) is 7.96. The van der Waals surface area contributed by atoms with Crippen LogP contribution in [0, 0.1) is 11.8 Å². The fourth-order valence-corrected chi connectivity index (χ4v) is 4.54. The van der Waals surface area contributed by atoms with Crippen molar-refractivity contribution in [2.45, 2.75) is 38.2 Å². The van der Waals surface area contributed by atoms with Crippen LogP contribution in [0.3, 0.4) is 0 Å². The first-order chi connectivity index (χ1) is 14.5. The molecule has 7 nitrogen and oxygen atoms in total. The largest absolute Gasteiger partial charge is 0.446 e. The van der Waals surface area contributed by atoms with E-state index in [0.29, 0.717) is 11.4 Å². The SMILES string of the molecule is NC(=O)OC1CCCCCC2C(c3ccc(N)cc3)=NN=C(c3ccc(N)cc3)C12. The number of primary amides is 1. The number of nitrogens with two attached hydrogens (primary N) is 3. The monoisotopic (exact) mass is 405 g/mol.